The van der Waals surface area contributed by atoms with E-state index in [2.05, 4.69) is 28.8 Å². The Morgan fingerprint density at radius 2 is 1.90 bits per heavy atom. The van der Waals surface area contributed by atoms with Gasteiger partial charge in [0.2, 0.25) is 0 Å². The monoisotopic (exact) mass is 286 g/mol. The van der Waals surface area contributed by atoms with Crippen LogP contribution in [0.25, 0.3) is 0 Å². The standard InChI is InChI=1S/C17H26N4/c1-11-14-19-20-15(21(14)4-3-18-11)17-8-12-5-13(9-17)7-16(2,6-12)10-17/h11-13,18H,3-10H2,1-2H3. The maximum atomic E-state index is 4.74. The van der Waals surface area contributed by atoms with Gasteiger partial charge in [-0.25, -0.2) is 0 Å². The number of nitrogens with zero attached hydrogens (tertiary/aromatic N) is 3. The minimum absolute atomic E-state index is 0.348. The molecule has 4 bridgehead atoms. The normalized spacial score (nSPS) is 47.6. The van der Waals surface area contributed by atoms with Gasteiger partial charge < -0.3 is 9.88 Å². The lowest BCUT2D eigenvalue weighted by Crippen LogP contribution is -2.54. The summed E-state index contributed by atoms with van der Waals surface area (Å²) in [7, 11) is 0. The van der Waals surface area contributed by atoms with E-state index in [4.69, 9.17) is 5.10 Å². The lowest BCUT2D eigenvalue weighted by Gasteiger charge is -2.60. The van der Waals surface area contributed by atoms with Crippen molar-refractivity contribution in [3.05, 3.63) is 11.6 Å². The molecule has 114 valence electrons. The maximum absolute atomic E-state index is 4.74. The number of nitrogens with one attached hydrogen (secondary N) is 1. The Balaban J connectivity index is 1.61. The fourth-order valence-electron chi connectivity index (χ4n) is 6.71. The van der Waals surface area contributed by atoms with Crippen LogP contribution < -0.4 is 5.32 Å². The van der Waals surface area contributed by atoms with Crippen LogP contribution in [0.1, 0.15) is 70.1 Å². The van der Waals surface area contributed by atoms with Gasteiger partial charge in [-0.15, -0.1) is 10.2 Å². The Hall–Kier alpha value is -0.900. The Morgan fingerprint density at radius 3 is 2.62 bits per heavy atom. The van der Waals surface area contributed by atoms with Crippen LogP contribution in [0.15, 0.2) is 0 Å². The van der Waals surface area contributed by atoms with E-state index >= 15 is 0 Å². The summed E-state index contributed by atoms with van der Waals surface area (Å²) < 4.78 is 2.47. The first-order chi connectivity index (χ1) is 10.1. The van der Waals surface area contributed by atoms with Crippen LogP contribution in [0.5, 0.6) is 0 Å². The molecule has 4 saturated carbocycles. The van der Waals surface area contributed by atoms with Crippen molar-refractivity contribution in [3.8, 4) is 0 Å². The highest BCUT2D eigenvalue weighted by molar-refractivity contribution is 5.22. The first-order valence-corrected chi connectivity index (χ1v) is 8.74. The molecule has 0 aromatic carbocycles. The fourth-order valence-corrected chi connectivity index (χ4v) is 6.71. The highest BCUT2D eigenvalue weighted by atomic mass is 15.3. The summed E-state index contributed by atoms with van der Waals surface area (Å²) in [5, 5.41) is 12.8. The molecule has 0 spiro atoms. The first kappa shape index (κ1) is 12.6. The van der Waals surface area contributed by atoms with E-state index in [1.54, 1.807) is 0 Å². The number of fused-ring (bicyclic) bond motifs is 1. The van der Waals surface area contributed by atoms with Gasteiger partial charge in [0.15, 0.2) is 0 Å². The van der Waals surface area contributed by atoms with Gasteiger partial charge in [0.25, 0.3) is 0 Å². The van der Waals surface area contributed by atoms with Crippen molar-refractivity contribution in [2.75, 3.05) is 6.54 Å². The van der Waals surface area contributed by atoms with Gasteiger partial charge in [0.1, 0.15) is 11.6 Å². The molecule has 2 heterocycles. The van der Waals surface area contributed by atoms with Gasteiger partial charge in [0.05, 0.1) is 6.04 Å². The predicted molar refractivity (Wildman–Crippen MR) is 80.9 cm³/mol. The largest absolute Gasteiger partial charge is 0.312 e. The number of rotatable bonds is 1. The van der Waals surface area contributed by atoms with Gasteiger partial charge in [-0.2, -0.15) is 0 Å². The zero-order chi connectivity index (χ0) is 14.2. The minimum Gasteiger partial charge on any atom is -0.312 e. The van der Waals surface area contributed by atoms with Crippen LogP contribution in [0.2, 0.25) is 0 Å². The molecule has 1 aromatic heterocycles. The molecule has 0 amide bonds. The zero-order valence-corrected chi connectivity index (χ0v) is 13.2. The molecular formula is C17H26N4. The lowest BCUT2D eigenvalue weighted by atomic mass is 9.44. The van der Waals surface area contributed by atoms with Crippen molar-refractivity contribution in [2.45, 2.75) is 70.4 Å². The van der Waals surface area contributed by atoms with Crippen molar-refractivity contribution in [3.63, 3.8) is 0 Å². The molecule has 6 rings (SSSR count). The fraction of sp³-hybridized carbons (Fsp3) is 0.882. The second-order valence-electron chi connectivity index (χ2n) is 8.76. The van der Waals surface area contributed by atoms with Crippen LogP contribution in [-0.2, 0) is 12.0 Å². The molecule has 4 heteroatoms. The second kappa shape index (κ2) is 3.89. The van der Waals surface area contributed by atoms with Crippen LogP contribution in [-0.4, -0.2) is 21.3 Å². The van der Waals surface area contributed by atoms with Crippen molar-refractivity contribution in [2.24, 2.45) is 17.3 Å². The van der Waals surface area contributed by atoms with E-state index < -0.39 is 0 Å². The first-order valence-electron chi connectivity index (χ1n) is 8.74. The van der Waals surface area contributed by atoms with E-state index in [1.165, 1.54) is 44.3 Å². The van der Waals surface area contributed by atoms with E-state index in [0.29, 0.717) is 16.9 Å². The van der Waals surface area contributed by atoms with Gasteiger partial charge in [-0.1, -0.05) is 6.92 Å². The summed E-state index contributed by atoms with van der Waals surface area (Å²) in [5.41, 5.74) is 0.927. The molecule has 3 atom stereocenters. The third kappa shape index (κ3) is 1.65. The highest BCUT2D eigenvalue weighted by Crippen LogP contribution is 2.65. The summed E-state index contributed by atoms with van der Waals surface area (Å²) in [5.74, 6) is 4.40. The topological polar surface area (TPSA) is 42.7 Å². The predicted octanol–water partition coefficient (Wildman–Crippen LogP) is 2.80. The van der Waals surface area contributed by atoms with Crippen molar-refractivity contribution >= 4 is 0 Å². The molecule has 4 nitrogen and oxygen atoms in total. The Kier molecular flexibility index (Phi) is 2.34. The number of hydrogen-bond donors (Lipinski definition) is 1. The Bertz CT molecular complexity index is 576. The van der Waals surface area contributed by atoms with Crippen molar-refractivity contribution < 1.29 is 0 Å². The van der Waals surface area contributed by atoms with Crippen molar-refractivity contribution in [1.82, 2.24) is 20.1 Å². The number of aromatic nitrogens is 3. The SMILES string of the molecule is CC1NCCn2c1nnc2C12CC3CC(CC(C)(C3)C1)C2. The molecule has 21 heavy (non-hydrogen) atoms. The summed E-state index contributed by atoms with van der Waals surface area (Å²) in [6.07, 6.45) is 8.51. The van der Waals surface area contributed by atoms with Gasteiger partial charge >= 0.3 is 0 Å². The molecule has 3 unspecified atom stereocenters. The van der Waals surface area contributed by atoms with E-state index in [9.17, 15) is 0 Å². The number of hydrogen-bond acceptors (Lipinski definition) is 3. The minimum atomic E-state index is 0.348. The third-order valence-corrected chi connectivity index (χ3v) is 6.78. The zero-order valence-electron chi connectivity index (χ0n) is 13.2. The summed E-state index contributed by atoms with van der Waals surface area (Å²) in [6, 6.07) is 0.351. The highest BCUT2D eigenvalue weighted by Gasteiger charge is 2.58. The molecule has 1 aromatic rings. The molecule has 0 radical (unpaired) electrons. The van der Waals surface area contributed by atoms with Crippen molar-refractivity contribution in [1.29, 1.82) is 0 Å². The molecule has 0 saturated heterocycles. The Morgan fingerprint density at radius 1 is 1.14 bits per heavy atom. The van der Waals surface area contributed by atoms with E-state index in [-0.39, 0.29) is 0 Å². The Labute approximate surface area is 126 Å². The second-order valence-corrected chi connectivity index (χ2v) is 8.76. The van der Waals surface area contributed by atoms with Gasteiger partial charge in [0, 0.05) is 18.5 Å². The average molecular weight is 286 g/mol. The summed E-state index contributed by atoms with van der Waals surface area (Å²) in [6.45, 7) is 6.86. The quantitative estimate of drug-likeness (QED) is 0.863. The molecule has 1 aliphatic heterocycles. The summed E-state index contributed by atoms with van der Waals surface area (Å²) in [4.78, 5) is 0. The average Bonchev–Trinajstić information content (AvgIpc) is 2.81. The molecule has 4 fully saturated rings. The van der Waals surface area contributed by atoms with Crippen LogP contribution >= 0.6 is 0 Å². The van der Waals surface area contributed by atoms with Crippen LogP contribution in [0, 0.1) is 17.3 Å². The van der Waals surface area contributed by atoms with Gasteiger partial charge in [-0.3, -0.25) is 0 Å². The van der Waals surface area contributed by atoms with E-state index in [1.807, 2.05) is 0 Å². The van der Waals surface area contributed by atoms with Crippen LogP contribution in [0.3, 0.4) is 0 Å². The van der Waals surface area contributed by atoms with Crippen LogP contribution in [0.4, 0.5) is 0 Å². The molecular weight excluding hydrogens is 260 g/mol. The maximum Gasteiger partial charge on any atom is 0.149 e. The lowest BCUT2D eigenvalue weighted by molar-refractivity contribution is -0.0662. The molecule has 5 aliphatic rings. The summed E-state index contributed by atoms with van der Waals surface area (Å²) >= 11 is 0. The molecule has 1 N–H and O–H groups in total. The molecule has 4 aliphatic carbocycles. The smallest absolute Gasteiger partial charge is 0.149 e. The third-order valence-electron chi connectivity index (χ3n) is 6.78. The van der Waals surface area contributed by atoms with E-state index in [0.717, 1.165) is 30.7 Å². The van der Waals surface area contributed by atoms with Gasteiger partial charge in [-0.05, 0) is 62.7 Å².